The SMILES string of the molecule is CCCCCCCCCCCS(=O)(=O)c1ccccc1. The highest BCUT2D eigenvalue weighted by Gasteiger charge is 2.12. The molecule has 0 saturated heterocycles. The highest BCUT2D eigenvalue weighted by atomic mass is 32.2. The summed E-state index contributed by atoms with van der Waals surface area (Å²) in [4.78, 5) is 0.458. The largest absolute Gasteiger partial charge is 0.224 e. The zero-order valence-corrected chi connectivity index (χ0v) is 13.5. The van der Waals surface area contributed by atoms with E-state index in [-0.39, 0.29) is 5.75 Å². The Morgan fingerprint density at radius 1 is 0.750 bits per heavy atom. The van der Waals surface area contributed by atoms with Gasteiger partial charge in [0.25, 0.3) is 0 Å². The molecule has 0 aliphatic rings. The van der Waals surface area contributed by atoms with Gasteiger partial charge in [0, 0.05) is 0 Å². The summed E-state index contributed by atoms with van der Waals surface area (Å²) in [5, 5.41) is 0. The van der Waals surface area contributed by atoms with Gasteiger partial charge in [-0.25, -0.2) is 8.42 Å². The highest BCUT2D eigenvalue weighted by molar-refractivity contribution is 7.91. The number of sulfone groups is 1. The molecule has 0 aromatic heterocycles. The van der Waals surface area contributed by atoms with E-state index in [1.807, 2.05) is 6.07 Å². The van der Waals surface area contributed by atoms with E-state index in [0.29, 0.717) is 4.90 Å². The quantitative estimate of drug-likeness (QED) is 0.539. The molecule has 1 aromatic rings. The molecule has 0 unspecified atom stereocenters. The summed E-state index contributed by atoms with van der Waals surface area (Å²) in [6, 6.07) is 8.77. The third-order valence-corrected chi connectivity index (χ3v) is 5.44. The molecule has 0 spiro atoms. The zero-order valence-electron chi connectivity index (χ0n) is 12.7. The standard InChI is InChI=1S/C17H28O2S/c1-2-3-4-5-6-7-8-9-13-16-20(18,19)17-14-11-10-12-15-17/h10-12,14-15H,2-9,13,16H2,1H3. The number of hydrogen-bond donors (Lipinski definition) is 0. The fraction of sp³-hybridized carbons (Fsp3) is 0.647. The Morgan fingerprint density at radius 2 is 1.25 bits per heavy atom. The summed E-state index contributed by atoms with van der Waals surface area (Å²) < 4.78 is 24.1. The van der Waals surface area contributed by atoms with Crippen LogP contribution in [0.2, 0.25) is 0 Å². The third kappa shape index (κ3) is 7.09. The molecule has 3 heteroatoms. The third-order valence-electron chi connectivity index (χ3n) is 3.62. The normalized spacial score (nSPS) is 11.7. The Kier molecular flexibility index (Phi) is 8.59. The lowest BCUT2D eigenvalue weighted by molar-refractivity contribution is 0.565. The summed E-state index contributed by atoms with van der Waals surface area (Å²) in [5.41, 5.74) is 0. The van der Waals surface area contributed by atoms with Crippen LogP contribution in [0.5, 0.6) is 0 Å². The summed E-state index contributed by atoms with van der Waals surface area (Å²) in [6.45, 7) is 2.23. The van der Waals surface area contributed by atoms with Crippen molar-refractivity contribution in [3.63, 3.8) is 0 Å². The van der Waals surface area contributed by atoms with Gasteiger partial charge in [-0.05, 0) is 18.6 Å². The van der Waals surface area contributed by atoms with Gasteiger partial charge in [0.2, 0.25) is 0 Å². The van der Waals surface area contributed by atoms with Crippen molar-refractivity contribution in [1.29, 1.82) is 0 Å². The minimum atomic E-state index is -3.07. The second kappa shape index (κ2) is 9.98. The van der Waals surface area contributed by atoms with E-state index in [4.69, 9.17) is 0 Å². The molecule has 0 amide bonds. The number of unbranched alkanes of at least 4 members (excludes halogenated alkanes) is 8. The van der Waals surface area contributed by atoms with Gasteiger partial charge in [-0.2, -0.15) is 0 Å². The molecule has 20 heavy (non-hydrogen) atoms. The molecular formula is C17H28O2S. The molecule has 0 aliphatic carbocycles. The predicted molar refractivity (Wildman–Crippen MR) is 85.7 cm³/mol. The van der Waals surface area contributed by atoms with Crippen LogP contribution in [0.25, 0.3) is 0 Å². The van der Waals surface area contributed by atoms with E-state index < -0.39 is 9.84 Å². The predicted octanol–water partition coefficient (Wildman–Crippen LogP) is 4.99. The van der Waals surface area contributed by atoms with Crippen LogP contribution in [0, 0.1) is 0 Å². The maximum atomic E-state index is 12.0. The van der Waals surface area contributed by atoms with E-state index in [2.05, 4.69) is 6.92 Å². The van der Waals surface area contributed by atoms with Crippen molar-refractivity contribution in [2.45, 2.75) is 69.6 Å². The van der Waals surface area contributed by atoms with Crippen molar-refractivity contribution in [1.82, 2.24) is 0 Å². The van der Waals surface area contributed by atoms with Crippen molar-refractivity contribution in [3.05, 3.63) is 30.3 Å². The first-order chi connectivity index (χ1) is 9.67. The van der Waals surface area contributed by atoms with Gasteiger partial charge < -0.3 is 0 Å². The van der Waals surface area contributed by atoms with Crippen molar-refractivity contribution >= 4 is 9.84 Å². The van der Waals surface area contributed by atoms with E-state index in [0.717, 1.165) is 19.3 Å². The Morgan fingerprint density at radius 3 is 1.80 bits per heavy atom. The van der Waals surface area contributed by atoms with Crippen LogP contribution in [-0.4, -0.2) is 14.2 Å². The van der Waals surface area contributed by atoms with Gasteiger partial charge in [0.05, 0.1) is 10.6 Å². The van der Waals surface area contributed by atoms with Crippen LogP contribution >= 0.6 is 0 Å². The maximum absolute atomic E-state index is 12.0. The molecule has 0 aliphatic heterocycles. The van der Waals surface area contributed by atoms with E-state index in [1.165, 1.54) is 38.5 Å². The Balaban J connectivity index is 2.09. The van der Waals surface area contributed by atoms with E-state index in [1.54, 1.807) is 24.3 Å². The molecule has 1 aromatic carbocycles. The second-order valence-corrected chi connectivity index (χ2v) is 7.57. The molecule has 0 bridgehead atoms. The van der Waals surface area contributed by atoms with E-state index >= 15 is 0 Å². The molecule has 2 nitrogen and oxygen atoms in total. The van der Waals surface area contributed by atoms with Crippen molar-refractivity contribution in [3.8, 4) is 0 Å². The molecule has 0 N–H and O–H groups in total. The monoisotopic (exact) mass is 296 g/mol. The smallest absolute Gasteiger partial charge is 0.178 e. The van der Waals surface area contributed by atoms with Gasteiger partial charge in [0.1, 0.15) is 0 Å². The number of rotatable bonds is 11. The van der Waals surface area contributed by atoms with Crippen LogP contribution in [0.4, 0.5) is 0 Å². The van der Waals surface area contributed by atoms with Gasteiger partial charge in [-0.3, -0.25) is 0 Å². The lowest BCUT2D eigenvalue weighted by Gasteiger charge is -2.04. The highest BCUT2D eigenvalue weighted by Crippen LogP contribution is 2.14. The summed E-state index contributed by atoms with van der Waals surface area (Å²) in [6.07, 6.45) is 10.8. The van der Waals surface area contributed by atoms with Gasteiger partial charge in [0.15, 0.2) is 9.84 Å². The molecule has 114 valence electrons. The Bertz CT molecular complexity index is 437. The minimum Gasteiger partial charge on any atom is -0.224 e. The van der Waals surface area contributed by atoms with Gasteiger partial charge in [-0.15, -0.1) is 0 Å². The molecule has 0 heterocycles. The number of hydrogen-bond acceptors (Lipinski definition) is 2. The minimum absolute atomic E-state index is 0.285. The molecule has 0 atom stereocenters. The first-order valence-corrected chi connectivity index (χ1v) is 9.60. The fourth-order valence-corrected chi connectivity index (χ4v) is 3.74. The molecular weight excluding hydrogens is 268 g/mol. The summed E-state index contributed by atoms with van der Waals surface area (Å²) in [7, 11) is -3.07. The lowest BCUT2D eigenvalue weighted by atomic mass is 10.1. The maximum Gasteiger partial charge on any atom is 0.178 e. The Hall–Kier alpha value is -0.830. The summed E-state index contributed by atoms with van der Waals surface area (Å²) in [5.74, 6) is 0.285. The van der Waals surface area contributed by atoms with Crippen LogP contribution in [-0.2, 0) is 9.84 Å². The average molecular weight is 296 g/mol. The van der Waals surface area contributed by atoms with Gasteiger partial charge >= 0.3 is 0 Å². The lowest BCUT2D eigenvalue weighted by Crippen LogP contribution is -2.06. The molecule has 1 rings (SSSR count). The zero-order chi connectivity index (χ0) is 14.7. The summed E-state index contributed by atoms with van der Waals surface area (Å²) >= 11 is 0. The number of benzene rings is 1. The van der Waals surface area contributed by atoms with Crippen LogP contribution in [0.3, 0.4) is 0 Å². The topological polar surface area (TPSA) is 34.1 Å². The van der Waals surface area contributed by atoms with Crippen molar-refractivity contribution < 1.29 is 8.42 Å². The fourth-order valence-electron chi connectivity index (χ4n) is 2.35. The van der Waals surface area contributed by atoms with Crippen molar-refractivity contribution in [2.75, 3.05) is 5.75 Å². The van der Waals surface area contributed by atoms with Gasteiger partial charge in [-0.1, -0.05) is 76.5 Å². The first kappa shape index (κ1) is 17.2. The first-order valence-electron chi connectivity index (χ1n) is 7.94. The molecule has 0 saturated carbocycles. The van der Waals surface area contributed by atoms with E-state index in [9.17, 15) is 8.42 Å². The van der Waals surface area contributed by atoms with Crippen LogP contribution in [0.15, 0.2) is 35.2 Å². The average Bonchev–Trinajstić information content (AvgIpc) is 2.46. The second-order valence-electron chi connectivity index (χ2n) is 5.46. The molecule has 0 radical (unpaired) electrons. The van der Waals surface area contributed by atoms with Crippen LogP contribution < -0.4 is 0 Å². The van der Waals surface area contributed by atoms with Crippen LogP contribution in [0.1, 0.15) is 64.7 Å². The Labute approximate surface area is 124 Å². The molecule has 0 fully saturated rings. The van der Waals surface area contributed by atoms with Crippen molar-refractivity contribution in [2.24, 2.45) is 0 Å².